The van der Waals surface area contributed by atoms with Gasteiger partial charge in [0, 0.05) is 19.6 Å². The third-order valence-corrected chi connectivity index (χ3v) is 4.66. The Morgan fingerprint density at radius 1 is 1.44 bits per heavy atom. The van der Waals surface area contributed by atoms with Gasteiger partial charge in [0.2, 0.25) is 5.95 Å². The van der Waals surface area contributed by atoms with Crippen molar-refractivity contribution in [2.75, 3.05) is 18.8 Å². The predicted molar refractivity (Wildman–Crippen MR) is 99.7 cm³/mol. The van der Waals surface area contributed by atoms with Crippen LogP contribution < -0.4 is 5.73 Å². The lowest BCUT2D eigenvalue weighted by Crippen LogP contribution is -2.43. The van der Waals surface area contributed by atoms with Gasteiger partial charge in [-0.1, -0.05) is 17.7 Å². The smallest absolute Gasteiger partial charge is 0.410 e. The van der Waals surface area contributed by atoms with Crippen molar-refractivity contribution >= 4 is 34.7 Å². The van der Waals surface area contributed by atoms with Gasteiger partial charge < -0.3 is 19.9 Å². The Balaban J connectivity index is 1.75. The number of anilines is 1. The van der Waals surface area contributed by atoms with Gasteiger partial charge in [0.05, 0.1) is 16.1 Å². The maximum Gasteiger partial charge on any atom is 0.410 e. The van der Waals surface area contributed by atoms with Gasteiger partial charge in [-0.25, -0.2) is 9.78 Å². The summed E-state index contributed by atoms with van der Waals surface area (Å²) in [6.45, 7) is 7.71. The molecule has 7 heteroatoms. The maximum atomic E-state index is 12.3. The molecule has 2 N–H and O–H groups in total. The highest BCUT2D eigenvalue weighted by Crippen LogP contribution is 2.28. The molecule has 0 saturated carbocycles. The summed E-state index contributed by atoms with van der Waals surface area (Å²) < 4.78 is 7.46. The molecule has 0 bridgehead atoms. The van der Waals surface area contributed by atoms with E-state index in [2.05, 4.69) is 4.98 Å². The van der Waals surface area contributed by atoms with E-state index < -0.39 is 5.60 Å². The summed E-state index contributed by atoms with van der Waals surface area (Å²) in [4.78, 5) is 18.5. The lowest BCUT2D eigenvalue weighted by atomic mass is 9.98. The van der Waals surface area contributed by atoms with Crippen LogP contribution in [-0.4, -0.2) is 39.2 Å². The molecule has 136 valence electrons. The summed E-state index contributed by atoms with van der Waals surface area (Å²) in [7, 11) is 0. The molecule has 0 radical (unpaired) electrons. The molecule has 1 fully saturated rings. The number of carbonyl (C=O) groups excluding carboxylic acids is 1. The van der Waals surface area contributed by atoms with Crippen LogP contribution in [0.25, 0.3) is 11.0 Å². The molecule has 2 heterocycles. The van der Waals surface area contributed by atoms with E-state index in [1.807, 2.05) is 43.5 Å². The topological polar surface area (TPSA) is 73.4 Å². The normalized spacial score (nSPS) is 18.6. The molecular formula is C18H25ClN4O2. The zero-order valence-corrected chi connectivity index (χ0v) is 15.7. The first-order valence-electron chi connectivity index (χ1n) is 8.63. The molecule has 1 amide bonds. The lowest BCUT2D eigenvalue weighted by molar-refractivity contribution is 0.0158. The van der Waals surface area contributed by atoms with E-state index in [4.69, 9.17) is 22.1 Å². The van der Waals surface area contributed by atoms with Crippen LogP contribution in [-0.2, 0) is 11.3 Å². The van der Waals surface area contributed by atoms with Gasteiger partial charge >= 0.3 is 6.09 Å². The highest BCUT2D eigenvalue weighted by atomic mass is 35.5. The number of imidazole rings is 1. The molecule has 1 atom stereocenters. The van der Waals surface area contributed by atoms with E-state index in [1.54, 1.807) is 4.90 Å². The van der Waals surface area contributed by atoms with Gasteiger partial charge in [-0.05, 0) is 51.7 Å². The SMILES string of the molecule is CC(C)(C)OC(=O)N1CCCC(Cn2c(N)nc3cccc(Cl)c32)C1. The molecule has 2 aromatic rings. The lowest BCUT2D eigenvalue weighted by Gasteiger charge is -2.34. The first-order chi connectivity index (χ1) is 11.7. The highest BCUT2D eigenvalue weighted by molar-refractivity contribution is 6.35. The number of nitrogens with two attached hydrogens (primary N) is 1. The number of likely N-dealkylation sites (tertiary alicyclic amines) is 1. The second kappa shape index (κ2) is 6.75. The van der Waals surface area contributed by atoms with Crippen LogP contribution in [0.3, 0.4) is 0 Å². The van der Waals surface area contributed by atoms with Crippen LogP contribution >= 0.6 is 11.6 Å². The van der Waals surface area contributed by atoms with Crippen LogP contribution in [0.15, 0.2) is 18.2 Å². The minimum atomic E-state index is -0.484. The molecule has 6 nitrogen and oxygen atoms in total. The second-order valence-corrected chi connectivity index (χ2v) is 8.03. The summed E-state index contributed by atoms with van der Waals surface area (Å²) in [5.41, 5.74) is 7.28. The highest BCUT2D eigenvalue weighted by Gasteiger charge is 2.28. The molecule has 1 saturated heterocycles. The number of para-hydroxylation sites is 1. The van der Waals surface area contributed by atoms with Crippen LogP contribution in [0, 0.1) is 5.92 Å². The Bertz CT molecular complexity index is 781. The van der Waals surface area contributed by atoms with Crippen LogP contribution in [0.5, 0.6) is 0 Å². The third kappa shape index (κ3) is 4.00. The quantitative estimate of drug-likeness (QED) is 0.876. The van der Waals surface area contributed by atoms with Gasteiger partial charge in [-0.15, -0.1) is 0 Å². The van der Waals surface area contributed by atoms with Gasteiger partial charge in [0.1, 0.15) is 5.60 Å². The Morgan fingerprint density at radius 2 is 2.20 bits per heavy atom. The van der Waals surface area contributed by atoms with Crippen LogP contribution in [0.4, 0.5) is 10.7 Å². The molecule has 1 unspecified atom stereocenters. The monoisotopic (exact) mass is 364 g/mol. The summed E-state index contributed by atoms with van der Waals surface area (Å²) in [5, 5.41) is 0.640. The van der Waals surface area contributed by atoms with Gasteiger partial charge in [-0.3, -0.25) is 0 Å². The number of piperidine rings is 1. The molecular weight excluding hydrogens is 340 g/mol. The molecule has 1 aliphatic rings. The summed E-state index contributed by atoms with van der Waals surface area (Å²) >= 11 is 6.34. The Labute approximate surface area is 152 Å². The Morgan fingerprint density at radius 3 is 2.92 bits per heavy atom. The van der Waals surface area contributed by atoms with Crippen LogP contribution in [0.1, 0.15) is 33.6 Å². The molecule has 3 rings (SSSR count). The largest absolute Gasteiger partial charge is 0.444 e. The number of ether oxygens (including phenoxy) is 1. The number of hydrogen-bond acceptors (Lipinski definition) is 4. The number of nitrogens with zero attached hydrogens (tertiary/aromatic N) is 3. The summed E-state index contributed by atoms with van der Waals surface area (Å²) in [6.07, 6.45) is 1.73. The molecule has 0 spiro atoms. The van der Waals surface area contributed by atoms with Crippen molar-refractivity contribution in [1.29, 1.82) is 0 Å². The van der Waals surface area contributed by atoms with Crippen molar-refractivity contribution in [3.05, 3.63) is 23.2 Å². The third-order valence-electron chi connectivity index (χ3n) is 4.36. The molecule has 1 aliphatic heterocycles. The number of halogens is 1. The second-order valence-electron chi connectivity index (χ2n) is 7.62. The number of fused-ring (bicyclic) bond motifs is 1. The molecule has 1 aromatic heterocycles. The molecule has 1 aromatic carbocycles. The maximum absolute atomic E-state index is 12.3. The zero-order valence-electron chi connectivity index (χ0n) is 15.0. The number of benzene rings is 1. The Hall–Kier alpha value is -1.95. The van der Waals surface area contributed by atoms with Crippen molar-refractivity contribution in [3.8, 4) is 0 Å². The number of carbonyl (C=O) groups is 1. The average molecular weight is 365 g/mol. The van der Waals surface area contributed by atoms with Crippen molar-refractivity contribution in [1.82, 2.24) is 14.5 Å². The van der Waals surface area contributed by atoms with E-state index in [1.165, 1.54) is 0 Å². The predicted octanol–water partition coefficient (Wildman–Crippen LogP) is 3.92. The van der Waals surface area contributed by atoms with Gasteiger partial charge in [0.25, 0.3) is 0 Å². The fourth-order valence-electron chi connectivity index (χ4n) is 3.31. The van der Waals surface area contributed by atoms with Crippen LogP contribution in [0.2, 0.25) is 5.02 Å². The van der Waals surface area contributed by atoms with E-state index >= 15 is 0 Å². The fourth-order valence-corrected chi connectivity index (χ4v) is 3.58. The summed E-state index contributed by atoms with van der Waals surface area (Å²) in [6, 6.07) is 5.61. The van der Waals surface area contributed by atoms with Crippen molar-refractivity contribution in [2.45, 2.75) is 45.8 Å². The zero-order chi connectivity index (χ0) is 18.2. The Kier molecular flexibility index (Phi) is 4.82. The standard InChI is InChI=1S/C18H25ClN4O2/c1-18(2,3)25-17(24)22-9-5-6-12(10-22)11-23-15-13(19)7-4-8-14(15)21-16(23)20/h4,7-8,12H,5-6,9-11H2,1-3H3,(H2,20,21). The van der Waals surface area contributed by atoms with Gasteiger partial charge in [0.15, 0.2) is 0 Å². The molecule has 25 heavy (non-hydrogen) atoms. The average Bonchev–Trinajstić information content (AvgIpc) is 2.83. The number of amides is 1. The van der Waals surface area contributed by atoms with E-state index in [-0.39, 0.29) is 12.0 Å². The minimum Gasteiger partial charge on any atom is -0.444 e. The number of nitrogen functional groups attached to an aromatic ring is 1. The summed E-state index contributed by atoms with van der Waals surface area (Å²) in [5.74, 6) is 0.745. The number of rotatable bonds is 2. The van der Waals surface area contributed by atoms with Crippen molar-refractivity contribution < 1.29 is 9.53 Å². The minimum absolute atomic E-state index is 0.251. The van der Waals surface area contributed by atoms with E-state index in [0.29, 0.717) is 24.1 Å². The van der Waals surface area contributed by atoms with Gasteiger partial charge in [-0.2, -0.15) is 0 Å². The van der Waals surface area contributed by atoms with E-state index in [9.17, 15) is 4.79 Å². The molecule has 0 aliphatic carbocycles. The first-order valence-corrected chi connectivity index (χ1v) is 9.00. The number of hydrogen-bond donors (Lipinski definition) is 1. The van der Waals surface area contributed by atoms with E-state index in [0.717, 1.165) is 30.4 Å². The number of aromatic nitrogens is 2. The first kappa shape index (κ1) is 17.9. The van der Waals surface area contributed by atoms with Crippen molar-refractivity contribution in [3.63, 3.8) is 0 Å². The fraction of sp³-hybridized carbons (Fsp3) is 0.556. The van der Waals surface area contributed by atoms with Crippen molar-refractivity contribution in [2.24, 2.45) is 5.92 Å².